The van der Waals surface area contributed by atoms with Crippen molar-refractivity contribution >= 4 is 23.1 Å². The molecule has 2 aromatic heterocycles. The molecule has 6 heteroatoms. The van der Waals surface area contributed by atoms with Crippen LogP contribution in [0.3, 0.4) is 0 Å². The van der Waals surface area contributed by atoms with Crippen LogP contribution < -0.4 is 0 Å². The van der Waals surface area contributed by atoms with Gasteiger partial charge in [0.25, 0.3) is 0 Å². The van der Waals surface area contributed by atoms with Crippen LogP contribution in [0.5, 0.6) is 0 Å². The largest absolute Gasteiger partial charge is 0.242 e. The summed E-state index contributed by atoms with van der Waals surface area (Å²) >= 11 is 2.78. The van der Waals surface area contributed by atoms with Gasteiger partial charge in [-0.2, -0.15) is 5.26 Å². The van der Waals surface area contributed by atoms with Crippen LogP contribution in [0.25, 0.3) is 11.4 Å². The lowest BCUT2D eigenvalue weighted by Gasteiger charge is -1.98. The van der Waals surface area contributed by atoms with Gasteiger partial charge >= 0.3 is 0 Å². The summed E-state index contributed by atoms with van der Waals surface area (Å²) in [5, 5.41) is 9.55. The second-order valence-electron chi connectivity index (χ2n) is 2.57. The summed E-state index contributed by atoms with van der Waals surface area (Å²) in [5.74, 6) is 0. The first-order valence-corrected chi connectivity index (χ1v) is 6.16. The molecule has 0 N–H and O–H groups in total. The van der Waals surface area contributed by atoms with Gasteiger partial charge in [0, 0.05) is 6.20 Å². The van der Waals surface area contributed by atoms with E-state index in [2.05, 4.69) is 21.0 Å². The number of hydrogen-bond donors (Lipinski definition) is 0. The molecule has 0 bridgehead atoms. The monoisotopic (exact) mass is 234 g/mol. The lowest BCUT2D eigenvalue weighted by atomic mass is 10.3. The van der Waals surface area contributed by atoms with Gasteiger partial charge < -0.3 is 0 Å². The molecule has 0 aliphatic heterocycles. The third-order valence-electron chi connectivity index (χ3n) is 1.73. The summed E-state index contributed by atoms with van der Waals surface area (Å²) in [6.07, 6.45) is 3.58. The van der Waals surface area contributed by atoms with Crippen LogP contribution in [0, 0.1) is 11.3 Å². The maximum atomic E-state index is 8.87. The second kappa shape index (κ2) is 4.38. The van der Waals surface area contributed by atoms with Gasteiger partial charge in [-0.25, -0.2) is 15.0 Å². The topological polar surface area (TPSA) is 62.5 Å². The highest BCUT2D eigenvalue weighted by Gasteiger charge is 2.10. The number of thiazole rings is 1. The normalized spacial score (nSPS) is 9.87. The van der Waals surface area contributed by atoms with Gasteiger partial charge in [0.2, 0.25) is 0 Å². The average Bonchev–Trinajstić information content (AvgIpc) is 2.77. The first kappa shape index (κ1) is 10.1. The average molecular weight is 234 g/mol. The molecule has 2 aromatic rings. The predicted molar refractivity (Wildman–Crippen MR) is 59.6 cm³/mol. The van der Waals surface area contributed by atoms with Gasteiger partial charge in [0.05, 0.1) is 11.2 Å². The molecule has 2 rings (SSSR count). The minimum Gasteiger partial charge on any atom is -0.242 e. The molecule has 2 heterocycles. The molecule has 0 radical (unpaired) electrons. The third kappa shape index (κ3) is 1.98. The van der Waals surface area contributed by atoms with Gasteiger partial charge in [0.15, 0.2) is 5.16 Å². The molecule has 4 nitrogen and oxygen atoms in total. The molecule has 0 fully saturated rings. The van der Waals surface area contributed by atoms with Crippen LogP contribution in [0.4, 0.5) is 0 Å². The fraction of sp³-hybridized carbons (Fsp3) is 0.111. The Hall–Kier alpha value is -1.45. The predicted octanol–water partition coefficient (Wildman–Crippen LogP) is 2.19. The molecule has 74 valence electrons. The first-order valence-electron chi connectivity index (χ1n) is 4.06. The van der Waals surface area contributed by atoms with E-state index in [-0.39, 0.29) is 0 Å². The maximum absolute atomic E-state index is 8.87. The van der Waals surface area contributed by atoms with Crippen molar-refractivity contribution in [3.05, 3.63) is 22.7 Å². The third-order valence-corrected chi connectivity index (χ3v) is 3.02. The standard InChI is InChI=1S/C9H6N4S2/c1-14-9-11-3-2-6(13-9)8-7(4-10)15-5-12-8/h2-3,5H,1H3. The maximum Gasteiger partial charge on any atom is 0.187 e. The van der Waals surface area contributed by atoms with Crippen molar-refractivity contribution in [1.82, 2.24) is 15.0 Å². The molecule has 0 amide bonds. The molecule has 0 saturated carbocycles. The van der Waals surface area contributed by atoms with Crippen molar-refractivity contribution in [2.24, 2.45) is 0 Å². The Labute approximate surface area is 95.0 Å². The number of nitrogens with zero attached hydrogens (tertiary/aromatic N) is 4. The van der Waals surface area contributed by atoms with Crippen LogP contribution >= 0.6 is 23.1 Å². The number of aromatic nitrogens is 3. The van der Waals surface area contributed by atoms with Gasteiger partial charge in [0.1, 0.15) is 16.6 Å². The summed E-state index contributed by atoms with van der Waals surface area (Å²) < 4.78 is 0. The number of rotatable bonds is 2. The summed E-state index contributed by atoms with van der Waals surface area (Å²) in [7, 11) is 0. The van der Waals surface area contributed by atoms with Gasteiger partial charge in [-0.05, 0) is 12.3 Å². The summed E-state index contributed by atoms with van der Waals surface area (Å²) in [4.78, 5) is 13.1. The molecule has 0 aliphatic rings. The Morgan fingerprint density at radius 2 is 2.33 bits per heavy atom. The molecular weight excluding hydrogens is 228 g/mol. The second-order valence-corrected chi connectivity index (χ2v) is 4.20. The highest BCUT2D eigenvalue weighted by atomic mass is 32.2. The van der Waals surface area contributed by atoms with E-state index >= 15 is 0 Å². The van der Waals surface area contributed by atoms with Crippen LogP contribution in [0.15, 0.2) is 22.9 Å². The van der Waals surface area contributed by atoms with E-state index in [9.17, 15) is 0 Å². The van der Waals surface area contributed by atoms with E-state index in [0.717, 1.165) is 0 Å². The molecule has 0 atom stereocenters. The zero-order valence-electron chi connectivity index (χ0n) is 7.84. The number of nitriles is 1. The van der Waals surface area contributed by atoms with E-state index in [1.54, 1.807) is 17.8 Å². The molecule has 0 saturated heterocycles. The molecular formula is C9H6N4S2. The fourth-order valence-electron chi connectivity index (χ4n) is 1.08. The van der Waals surface area contributed by atoms with Crippen LogP contribution in [-0.2, 0) is 0 Å². The van der Waals surface area contributed by atoms with E-state index < -0.39 is 0 Å². The van der Waals surface area contributed by atoms with Crippen LogP contribution in [0.1, 0.15) is 4.88 Å². The lowest BCUT2D eigenvalue weighted by Crippen LogP contribution is -1.90. The van der Waals surface area contributed by atoms with Crippen LogP contribution in [0.2, 0.25) is 0 Å². The molecule has 0 unspecified atom stereocenters. The van der Waals surface area contributed by atoms with E-state index in [0.29, 0.717) is 21.4 Å². The minimum absolute atomic E-state index is 0.584. The Morgan fingerprint density at radius 3 is 3.07 bits per heavy atom. The lowest BCUT2D eigenvalue weighted by molar-refractivity contribution is 0.972. The summed E-state index contributed by atoms with van der Waals surface area (Å²) in [6.45, 7) is 0. The van der Waals surface area contributed by atoms with E-state index in [4.69, 9.17) is 5.26 Å². The van der Waals surface area contributed by atoms with E-state index in [1.165, 1.54) is 23.1 Å². The first-order chi connectivity index (χ1) is 7.35. The zero-order valence-corrected chi connectivity index (χ0v) is 9.47. The SMILES string of the molecule is CSc1nccc(-c2ncsc2C#N)n1. The van der Waals surface area contributed by atoms with Gasteiger partial charge in [-0.1, -0.05) is 11.8 Å². The highest BCUT2D eigenvalue weighted by Crippen LogP contribution is 2.23. The Balaban J connectivity index is 2.50. The van der Waals surface area contributed by atoms with Gasteiger partial charge in [-0.3, -0.25) is 0 Å². The van der Waals surface area contributed by atoms with Crippen molar-refractivity contribution in [2.75, 3.05) is 6.26 Å². The summed E-state index contributed by atoms with van der Waals surface area (Å²) in [6, 6.07) is 3.86. The van der Waals surface area contributed by atoms with Crippen LogP contribution in [-0.4, -0.2) is 21.2 Å². The number of hydrogen-bond acceptors (Lipinski definition) is 6. The van der Waals surface area contributed by atoms with Crippen molar-refractivity contribution in [3.63, 3.8) is 0 Å². The molecule has 0 spiro atoms. The highest BCUT2D eigenvalue weighted by molar-refractivity contribution is 7.98. The number of thioether (sulfide) groups is 1. The molecule has 0 aromatic carbocycles. The molecule has 15 heavy (non-hydrogen) atoms. The van der Waals surface area contributed by atoms with Crippen molar-refractivity contribution in [1.29, 1.82) is 5.26 Å². The smallest absolute Gasteiger partial charge is 0.187 e. The molecule has 0 aliphatic carbocycles. The van der Waals surface area contributed by atoms with E-state index in [1.807, 2.05) is 6.26 Å². The Morgan fingerprint density at radius 1 is 1.47 bits per heavy atom. The zero-order chi connectivity index (χ0) is 10.7. The summed E-state index contributed by atoms with van der Waals surface area (Å²) in [5.41, 5.74) is 2.99. The van der Waals surface area contributed by atoms with Crippen molar-refractivity contribution in [3.8, 4) is 17.5 Å². The van der Waals surface area contributed by atoms with Crippen molar-refractivity contribution < 1.29 is 0 Å². The Kier molecular flexibility index (Phi) is 2.94. The Bertz CT molecular complexity index is 515. The fourth-order valence-corrected chi connectivity index (χ4v) is 2.02. The van der Waals surface area contributed by atoms with Crippen molar-refractivity contribution in [2.45, 2.75) is 5.16 Å². The minimum atomic E-state index is 0.584. The van der Waals surface area contributed by atoms with Gasteiger partial charge in [-0.15, -0.1) is 11.3 Å². The quantitative estimate of drug-likeness (QED) is 0.588.